The van der Waals surface area contributed by atoms with Crippen molar-refractivity contribution in [3.8, 4) is 0 Å². The van der Waals surface area contributed by atoms with E-state index in [0.717, 1.165) is 36.1 Å². The van der Waals surface area contributed by atoms with Crippen molar-refractivity contribution in [2.75, 3.05) is 28.6 Å². The van der Waals surface area contributed by atoms with Crippen LogP contribution in [0.3, 0.4) is 0 Å². The van der Waals surface area contributed by atoms with E-state index < -0.39 is 0 Å². The first-order chi connectivity index (χ1) is 15.5. The van der Waals surface area contributed by atoms with Gasteiger partial charge in [-0.05, 0) is 64.1 Å². The van der Waals surface area contributed by atoms with E-state index in [0.29, 0.717) is 22.9 Å². The molecule has 0 spiro atoms. The Labute approximate surface area is 187 Å². The van der Waals surface area contributed by atoms with Gasteiger partial charge in [0, 0.05) is 36.7 Å². The highest BCUT2D eigenvalue weighted by molar-refractivity contribution is 6.04. The van der Waals surface area contributed by atoms with Crippen molar-refractivity contribution in [2.45, 2.75) is 27.7 Å². The predicted molar refractivity (Wildman–Crippen MR) is 128 cm³/mol. The smallest absolute Gasteiger partial charge is 0.274 e. The van der Waals surface area contributed by atoms with E-state index in [2.05, 4.69) is 44.3 Å². The molecule has 0 aliphatic heterocycles. The highest BCUT2D eigenvalue weighted by atomic mass is 16.2. The molecule has 2 N–H and O–H groups in total. The first kappa shape index (κ1) is 21.3. The van der Waals surface area contributed by atoms with Crippen molar-refractivity contribution < 1.29 is 4.79 Å². The number of hydrogen-bond acceptors (Lipinski definition) is 6. The number of benzene rings is 1. The van der Waals surface area contributed by atoms with Crippen LogP contribution in [0.25, 0.3) is 5.65 Å². The molecule has 32 heavy (non-hydrogen) atoms. The molecular weight excluding hydrogens is 402 g/mol. The molecule has 0 aliphatic carbocycles. The molecule has 4 rings (SSSR count). The van der Waals surface area contributed by atoms with Crippen molar-refractivity contribution in [1.82, 2.24) is 19.4 Å². The first-order valence-corrected chi connectivity index (χ1v) is 10.7. The molecule has 3 aromatic heterocycles. The topological polar surface area (TPSA) is 87.5 Å². The second-order valence-electron chi connectivity index (χ2n) is 7.46. The van der Waals surface area contributed by atoms with Crippen LogP contribution in [-0.2, 0) is 0 Å². The molecule has 0 aliphatic rings. The van der Waals surface area contributed by atoms with Gasteiger partial charge in [-0.2, -0.15) is 0 Å². The largest absolute Gasteiger partial charge is 0.357 e. The zero-order valence-electron chi connectivity index (χ0n) is 18.8. The minimum Gasteiger partial charge on any atom is -0.357 e. The average molecular weight is 430 g/mol. The summed E-state index contributed by atoms with van der Waals surface area (Å²) < 4.78 is 1.80. The summed E-state index contributed by atoms with van der Waals surface area (Å²) in [4.78, 5) is 28.5. The Bertz CT molecular complexity index is 1240. The number of fused-ring (bicyclic) bond motifs is 1. The maximum absolute atomic E-state index is 12.9. The number of aromatic nitrogens is 4. The summed E-state index contributed by atoms with van der Waals surface area (Å²) in [5, 5.41) is 6.28. The monoisotopic (exact) mass is 429 g/mol. The number of anilines is 4. The van der Waals surface area contributed by atoms with Crippen molar-refractivity contribution in [1.29, 1.82) is 0 Å². The molecule has 4 aromatic rings. The van der Waals surface area contributed by atoms with Crippen molar-refractivity contribution in [3.63, 3.8) is 0 Å². The fourth-order valence-corrected chi connectivity index (χ4v) is 3.69. The normalized spacial score (nSPS) is 10.9. The summed E-state index contributed by atoms with van der Waals surface area (Å²) in [5.41, 5.74) is 3.54. The number of amides is 1. The van der Waals surface area contributed by atoms with Crippen LogP contribution in [0.1, 0.15) is 35.9 Å². The number of nitrogens with zero attached hydrogens (tertiary/aromatic N) is 5. The minimum absolute atomic E-state index is 0.197. The van der Waals surface area contributed by atoms with Crippen LogP contribution in [-0.4, -0.2) is 38.3 Å². The van der Waals surface area contributed by atoms with Gasteiger partial charge in [0.1, 0.15) is 28.8 Å². The highest BCUT2D eigenvalue weighted by Gasteiger charge is 2.16. The Morgan fingerprint density at radius 1 is 0.969 bits per heavy atom. The molecule has 0 atom stereocenters. The van der Waals surface area contributed by atoms with Gasteiger partial charge in [0.2, 0.25) is 0 Å². The van der Waals surface area contributed by atoms with E-state index in [-0.39, 0.29) is 5.91 Å². The van der Waals surface area contributed by atoms with Gasteiger partial charge < -0.3 is 15.5 Å². The van der Waals surface area contributed by atoms with Gasteiger partial charge in [-0.3, -0.25) is 9.20 Å². The van der Waals surface area contributed by atoms with Crippen LogP contribution in [0.4, 0.5) is 23.0 Å². The van der Waals surface area contributed by atoms with Crippen LogP contribution in [0, 0.1) is 13.8 Å². The maximum atomic E-state index is 12.9. The molecule has 8 heteroatoms. The molecule has 0 fully saturated rings. The molecule has 164 valence electrons. The lowest BCUT2D eigenvalue weighted by molar-refractivity contribution is 0.102. The first-order valence-electron chi connectivity index (χ1n) is 10.7. The van der Waals surface area contributed by atoms with Gasteiger partial charge in [-0.1, -0.05) is 6.07 Å². The van der Waals surface area contributed by atoms with Gasteiger partial charge in [0.15, 0.2) is 0 Å². The molecule has 0 saturated heterocycles. The van der Waals surface area contributed by atoms with E-state index in [4.69, 9.17) is 0 Å². The molecule has 0 bridgehead atoms. The van der Waals surface area contributed by atoms with Gasteiger partial charge >= 0.3 is 0 Å². The van der Waals surface area contributed by atoms with Crippen molar-refractivity contribution >= 4 is 34.6 Å². The Morgan fingerprint density at radius 2 is 1.69 bits per heavy atom. The predicted octanol–water partition coefficient (Wildman–Crippen LogP) is 4.58. The number of aryl methyl sites for hydroxylation is 2. The minimum atomic E-state index is -0.197. The molecule has 8 nitrogen and oxygen atoms in total. The summed E-state index contributed by atoms with van der Waals surface area (Å²) in [6, 6.07) is 15.1. The van der Waals surface area contributed by atoms with Crippen LogP contribution >= 0.6 is 0 Å². The molecule has 0 unspecified atom stereocenters. The average Bonchev–Trinajstić information content (AvgIpc) is 3.11. The second-order valence-corrected chi connectivity index (χ2v) is 7.46. The molecule has 0 saturated carbocycles. The van der Waals surface area contributed by atoms with E-state index in [1.54, 1.807) is 4.40 Å². The molecule has 3 heterocycles. The number of rotatable bonds is 7. The summed E-state index contributed by atoms with van der Waals surface area (Å²) in [6.07, 6.45) is 1.84. The Morgan fingerprint density at radius 3 is 2.41 bits per heavy atom. The Hall–Kier alpha value is -3.94. The van der Waals surface area contributed by atoms with E-state index in [1.807, 2.05) is 68.6 Å². The SMILES string of the molecule is CCN(CC)c1cc(Nc2ccc(NC(=O)c3c(C)nc4ccccn34)cc2)nc(C)n1. The van der Waals surface area contributed by atoms with Crippen LogP contribution in [0.15, 0.2) is 54.7 Å². The van der Waals surface area contributed by atoms with Crippen LogP contribution in [0.5, 0.6) is 0 Å². The van der Waals surface area contributed by atoms with Gasteiger partial charge in [0.05, 0.1) is 5.69 Å². The standard InChI is InChI=1S/C24H27N7O/c1-5-30(6-2)22-15-20(26-17(4)27-22)28-18-10-12-19(13-11-18)29-24(32)23-16(3)25-21-9-7-8-14-31(21)23/h7-15H,5-6H2,1-4H3,(H,29,32)(H,26,27,28). The zero-order chi connectivity index (χ0) is 22.7. The Kier molecular flexibility index (Phi) is 6.02. The van der Waals surface area contributed by atoms with Crippen molar-refractivity contribution in [2.24, 2.45) is 0 Å². The number of hydrogen-bond donors (Lipinski definition) is 2. The molecule has 1 amide bonds. The van der Waals surface area contributed by atoms with E-state index in [1.165, 1.54) is 0 Å². The fraction of sp³-hybridized carbons (Fsp3) is 0.250. The molecule has 1 aromatic carbocycles. The third-order valence-electron chi connectivity index (χ3n) is 5.25. The van der Waals surface area contributed by atoms with Crippen LogP contribution < -0.4 is 15.5 Å². The summed E-state index contributed by atoms with van der Waals surface area (Å²) in [7, 11) is 0. The van der Waals surface area contributed by atoms with Crippen LogP contribution in [0.2, 0.25) is 0 Å². The zero-order valence-corrected chi connectivity index (χ0v) is 18.8. The van der Waals surface area contributed by atoms with Gasteiger partial charge in [-0.15, -0.1) is 0 Å². The quantitative estimate of drug-likeness (QED) is 0.447. The molecular formula is C24H27N7O. The lowest BCUT2D eigenvalue weighted by Crippen LogP contribution is -2.23. The summed E-state index contributed by atoms with van der Waals surface area (Å²) in [6.45, 7) is 9.70. The maximum Gasteiger partial charge on any atom is 0.274 e. The number of imidazole rings is 1. The fourth-order valence-electron chi connectivity index (χ4n) is 3.69. The van der Waals surface area contributed by atoms with Crippen molar-refractivity contribution in [3.05, 3.63) is 71.9 Å². The number of carbonyl (C=O) groups is 1. The number of carbonyl (C=O) groups excluding carboxylic acids is 1. The van der Waals surface area contributed by atoms with E-state index in [9.17, 15) is 4.79 Å². The number of nitrogens with one attached hydrogen (secondary N) is 2. The van der Waals surface area contributed by atoms with Gasteiger partial charge in [0.25, 0.3) is 5.91 Å². The highest BCUT2D eigenvalue weighted by Crippen LogP contribution is 2.22. The second kappa shape index (κ2) is 9.05. The number of pyridine rings is 1. The third-order valence-corrected chi connectivity index (χ3v) is 5.25. The summed E-state index contributed by atoms with van der Waals surface area (Å²) in [5.74, 6) is 2.15. The lowest BCUT2D eigenvalue weighted by atomic mass is 10.2. The van der Waals surface area contributed by atoms with E-state index >= 15 is 0 Å². The third kappa shape index (κ3) is 4.39. The van der Waals surface area contributed by atoms with Gasteiger partial charge in [-0.25, -0.2) is 15.0 Å². The molecule has 0 radical (unpaired) electrons. The Balaban J connectivity index is 1.49. The summed E-state index contributed by atoms with van der Waals surface area (Å²) >= 11 is 0. The lowest BCUT2D eigenvalue weighted by Gasteiger charge is -2.20.